The van der Waals surface area contributed by atoms with E-state index in [0.29, 0.717) is 32.7 Å². The lowest BCUT2D eigenvalue weighted by Gasteiger charge is -2.44. The van der Waals surface area contributed by atoms with Gasteiger partial charge in [0.25, 0.3) is 0 Å². The lowest BCUT2D eigenvalue weighted by molar-refractivity contribution is -0.158. The molecule has 2 N–H and O–H groups in total. The molecule has 32 heavy (non-hydrogen) atoms. The van der Waals surface area contributed by atoms with Gasteiger partial charge in [0.2, 0.25) is 5.91 Å². The number of fused-ring (bicyclic) bond motifs is 1. The summed E-state index contributed by atoms with van der Waals surface area (Å²) in [7, 11) is 0. The van der Waals surface area contributed by atoms with Crippen LogP contribution in [0.25, 0.3) is 0 Å². The Morgan fingerprint density at radius 2 is 1.72 bits per heavy atom. The molecule has 2 heterocycles. The molecule has 2 aromatic rings. The summed E-state index contributed by atoms with van der Waals surface area (Å²) in [5, 5.41) is 13.4. The molecule has 0 unspecified atom stereocenters. The number of aliphatic hydroxyl groups excluding tert-OH is 1. The first kappa shape index (κ1) is 22.9. The Kier molecular flexibility index (Phi) is 8.29. The third-order valence-corrected chi connectivity index (χ3v) is 6.31. The molecule has 6 heteroatoms. The Morgan fingerprint density at radius 3 is 2.47 bits per heavy atom. The van der Waals surface area contributed by atoms with Crippen LogP contribution in [0.5, 0.6) is 0 Å². The van der Waals surface area contributed by atoms with Gasteiger partial charge in [0.1, 0.15) is 0 Å². The van der Waals surface area contributed by atoms with Gasteiger partial charge in [0.15, 0.2) is 0 Å². The van der Waals surface area contributed by atoms with E-state index in [1.54, 1.807) is 0 Å². The molecule has 2 fully saturated rings. The van der Waals surface area contributed by atoms with Crippen LogP contribution in [-0.2, 0) is 27.2 Å². The highest BCUT2D eigenvalue weighted by molar-refractivity contribution is 5.76. The quantitative estimate of drug-likeness (QED) is 0.695. The van der Waals surface area contributed by atoms with Gasteiger partial charge in [-0.2, -0.15) is 0 Å². The summed E-state index contributed by atoms with van der Waals surface area (Å²) in [6.45, 7) is 2.71. The molecule has 0 aromatic heterocycles. The number of hydrogen-bond acceptors (Lipinski definition) is 5. The highest BCUT2D eigenvalue weighted by Gasteiger charge is 2.37. The third-order valence-electron chi connectivity index (χ3n) is 6.31. The fourth-order valence-electron chi connectivity index (χ4n) is 4.72. The van der Waals surface area contributed by atoms with Crippen molar-refractivity contribution in [2.45, 2.75) is 56.6 Å². The molecule has 6 nitrogen and oxygen atoms in total. The maximum Gasteiger partial charge on any atom is 0.222 e. The van der Waals surface area contributed by atoms with Gasteiger partial charge in [-0.1, -0.05) is 60.7 Å². The number of nitrogens with one attached hydrogen (secondary N) is 1. The number of carbonyl (C=O) groups is 1. The monoisotopic (exact) mass is 438 g/mol. The van der Waals surface area contributed by atoms with E-state index in [0.717, 1.165) is 25.8 Å². The number of ether oxygens (including phenoxy) is 2. The van der Waals surface area contributed by atoms with Crippen LogP contribution in [0.4, 0.5) is 0 Å². The van der Waals surface area contributed by atoms with Crippen molar-refractivity contribution in [3.8, 4) is 0 Å². The Balaban J connectivity index is 1.30. The van der Waals surface area contributed by atoms with Crippen molar-refractivity contribution < 1.29 is 19.4 Å². The highest BCUT2D eigenvalue weighted by atomic mass is 16.5. The second-order valence-corrected chi connectivity index (χ2v) is 8.84. The van der Waals surface area contributed by atoms with Crippen LogP contribution in [0, 0.1) is 0 Å². The van der Waals surface area contributed by atoms with Crippen LogP contribution in [0.15, 0.2) is 60.7 Å². The Labute approximate surface area is 190 Å². The maximum atomic E-state index is 12.5. The third kappa shape index (κ3) is 6.62. The van der Waals surface area contributed by atoms with Crippen LogP contribution in [0.3, 0.4) is 0 Å². The van der Waals surface area contributed by atoms with E-state index in [4.69, 9.17) is 9.47 Å². The molecule has 0 saturated carbocycles. The molecule has 2 aliphatic rings. The van der Waals surface area contributed by atoms with Gasteiger partial charge >= 0.3 is 0 Å². The largest absolute Gasteiger partial charge is 0.389 e. The molecule has 0 aliphatic carbocycles. The van der Waals surface area contributed by atoms with Crippen LogP contribution >= 0.6 is 0 Å². The SMILES string of the molecule is O=C(C[C@H]1CC[C@@H]2[C@H](COC[C@H](O)CN2Cc2ccccc2)O1)NCCc1ccccc1. The van der Waals surface area contributed by atoms with E-state index in [2.05, 4.69) is 34.5 Å². The maximum absolute atomic E-state index is 12.5. The lowest BCUT2D eigenvalue weighted by Crippen LogP contribution is -2.55. The highest BCUT2D eigenvalue weighted by Crippen LogP contribution is 2.28. The number of β-amino-alcohol motifs (C(OH)–C–C–N with tert-alkyl or cyclic N) is 1. The van der Waals surface area contributed by atoms with Crippen molar-refractivity contribution >= 4 is 5.91 Å². The summed E-state index contributed by atoms with van der Waals surface area (Å²) in [5.41, 5.74) is 2.44. The summed E-state index contributed by atoms with van der Waals surface area (Å²) >= 11 is 0. The normalized spacial score (nSPS) is 26.5. The van der Waals surface area contributed by atoms with Gasteiger partial charge in [-0.15, -0.1) is 0 Å². The minimum atomic E-state index is -0.507. The lowest BCUT2D eigenvalue weighted by atomic mass is 9.94. The van der Waals surface area contributed by atoms with Crippen molar-refractivity contribution in [3.05, 3.63) is 71.8 Å². The summed E-state index contributed by atoms with van der Waals surface area (Å²) in [6, 6.07) is 20.7. The molecule has 4 atom stereocenters. The molecule has 0 bridgehead atoms. The summed E-state index contributed by atoms with van der Waals surface area (Å²) in [5.74, 6) is 0.0349. The van der Waals surface area contributed by atoms with Gasteiger partial charge in [0, 0.05) is 25.7 Å². The number of rotatable bonds is 7. The van der Waals surface area contributed by atoms with Gasteiger partial charge in [0.05, 0.1) is 37.9 Å². The number of carbonyl (C=O) groups excluding carboxylic acids is 1. The number of benzene rings is 2. The fourth-order valence-corrected chi connectivity index (χ4v) is 4.72. The van der Waals surface area contributed by atoms with E-state index in [1.165, 1.54) is 11.1 Å². The minimum Gasteiger partial charge on any atom is -0.389 e. The van der Waals surface area contributed by atoms with Gasteiger partial charge in [-0.05, 0) is 30.4 Å². The minimum absolute atomic E-state index is 0.0349. The Morgan fingerprint density at radius 1 is 1.00 bits per heavy atom. The van der Waals surface area contributed by atoms with Crippen molar-refractivity contribution in [3.63, 3.8) is 0 Å². The first-order valence-corrected chi connectivity index (χ1v) is 11.7. The van der Waals surface area contributed by atoms with Gasteiger partial charge in [-0.25, -0.2) is 0 Å². The van der Waals surface area contributed by atoms with Crippen LogP contribution in [0.1, 0.15) is 30.4 Å². The summed E-state index contributed by atoms with van der Waals surface area (Å²) < 4.78 is 12.1. The zero-order valence-electron chi connectivity index (χ0n) is 18.6. The second-order valence-electron chi connectivity index (χ2n) is 8.84. The molecule has 0 spiro atoms. The molecule has 1 amide bonds. The predicted molar refractivity (Wildman–Crippen MR) is 123 cm³/mol. The number of hydrogen-bond donors (Lipinski definition) is 2. The smallest absolute Gasteiger partial charge is 0.222 e. The molecule has 2 saturated heterocycles. The average Bonchev–Trinajstić information content (AvgIpc) is 2.79. The first-order valence-electron chi connectivity index (χ1n) is 11.7. The molecule has 0 radical (unpaired) electrons. The van der Waals surface area contributed by atoms with Crippen molar-refractivity contribution in [2.75, 3.05) is 26.3 Å². The average molecular weight is 439 g/mol. The predicted octanol–water partition coefficient (Wildman–Crippen LogP) is 2.54. The zero-order valence-corrected chi connectivity index (χ0v) is 18.6. The molecular formula is C26H34N2O4. The van der Waals surface area contributed by atoms with Crippen LogP contribution in [0.2, 0.25) is 0 Å². The van der Waals surface area contributed by atoms with Crippen molar-refractivity contribution in [1.82, 2.24) is 10.2 Å². The first-order chi connectivity index (χ1) is 15.7. The van der Waals surface area contributed by atoms with Crippen LogP contribution < -0.4 is 5.32 Å². The zero-order chi connectivity index (χ0) is 22.2. The molecule has 4 rings (SSSR count). The number of amides is 1. The van der Waals surface area contributed by atoms with Gasteiger partial charge in [-0.3, -0.25) is 9.69 Å². The topological polar surface area (TPSA) is 71.0 Å². The summed E-state index contributed by atoms with van der Waals surface area (Å²) in [6.07, 6.45) is 2.26. The molecule has 2 aromatic carbocycles. The molecule has 2 aliphatic heterocycles. The van der Waals surface area contributed by atoms with Crippen LogP contribution in [-0.4, -0.2) is 66.6 Å². The van der Waals surface area contributed by atoms with E-state index < -0.39 is 6.10 Å². The molecular weight excluding hydrogens is 404 g/mol. The Bertz CT molecular complexity index is 832. The van der Waals surface area contributed by atoms with E-state index in [9.17, 15) is 9.90 Å². The van der Waals surface area contributed by atoms with E-state index >= 15 is 0 Å². The Hall–Kier alpha value is -2.25. The van der Waals surface area contributed by atoms with Crippen molar-refractivity contribution in [1.29, 1.82) is 0 Å². The fraction of sp³-hybridized carbons (Fsp3) is 0.500. The second kappa shape index (κ2) is 11.6. The van der Waals surface area contributed by atoms with Crippen molar-refractivity contribution in [2.24, 2.45) is 0 Å². The van der Waals surface area contributed by atoms with Gasteiger partial charge < -0.3 is 19.9 Å². The van der Waals surface area contributed by atoms with E-state index in [1.807, 2.05) is 36.4 Å². The van der Waals surface area contributed by atoms with E-state index in [-0.39, 0.29) is 24.2 Å². The molecule has 172 valence electrons. The summed E-state index contributed by atoms with van der Waals surface area (Å²) in [4.78, 5) is 14.8. The number of aliphatic hydroxyl groups is 1. The number of nitrogens with zero attached hydrogens (tertiary/aromatic N) is 1. The standard InChI is InChI=1S/C26H34N2O4/c29-22-17-28(16-21-9-5-2-6-10-21)24-12-11-23(32-25(24)19-31-18-22)15-26(30)27-14-13-20-7-3-1-4-8-20/h1-10,22-25,29H,11-19H2,(H,27,30)/t22-,23-,24-,25+/m1/s1.